The minimum absolute atomic E-state index is 0.254. The summed E-state index contributed by atoms with van der Waals surface area (Å²) in [5, 5.41) is 12.8. The lowest BCUT2D eigenvalue weighted by molar-refractivity contribution is 0.283. The molecular weight excluding hydrogens is 186 g/mol. The van der Waals surface area contributed by atoms with Crippen molar-refractivity contribution in [3.63, 3.8) is 0 Å². The SMILES string of the molecule is CN1CCC(NC2CCCCC2C#N)C1. The first kappa shape index (κ1) is 10.9. The van der Waals surface area contributed by atoms with Crippen LogP contribution in [0.4, 0.5) is 0 Å². The normalized spacial score (nSPS) is 37.7. The third kappa shape index (κ3) is 2.70. The van der Waals surface area contributed by atoms with E-state index in [4.69, 9.17) is 5.26 Å². The van der Waals surface area contributed by atoms with Crippen LogP contribution in [-0.4, -0.2) is 37.1 Å². The lowest BCUT2D eigenvalue weighted by atomic mass is 9.85. The number of likely N-dealkylation sites (tertiary alicyclic amines) is 1. The summed E-state index contributed by atoms with van der Waals surface area (Å²) in [6.07, 6.45) is 6.06. The third-order valence-electron chi connectivity index (χ3n) is 3.77. The summed E-state index contributed by atoms with van der Waals surface area (Å²) < 4.78 is 0. The molecule has 1 saturated carbocycles. The first-order chi connectivity index (χ1) is 7.29. The highest BCUT2D eigenvalue weighted by Crippen LogP contribution is 2.24. The van der Waals surface area contributed by atoms with Crippen LogP contribution < -0.4 is 5.32 Å². The minimum atomic E-state index is 0.254. The molecule has 1 heterocycles. The van der Waals surface area contributed by atoms with Crippen molar-refractivity contribution in [2.45, 2.75) is 44.2 Å². The largest absolute Gasteiger partial charge is 0.309 e. The molecule has 2 aliphatic rings. The van der Waals surface area contributed by atoms with Gasteiger partial charge in [0.2, 0.25) is 0 Å². The van der Waals surface area contributed by atoms with E-state index in [-0.39, 0.29) is 5.92 Å². The lowest BCUT2D eigenvalue weighted by Crippen LogP contribution is -2.44. The van der Waals surface area contributed by atoms with Crippen LogP contribution in [0.1, 0.15) is 32.1 Å². The maximum absolute atomic E-state index is 9.09. The van der Waals surface area contributed by atoms with Gasteiger partial charge in [0, 0.05) is 18.6 Å². The first-order valence-electron chi connectivity index (χ1n) is 6.14. The van der Waals surface area contributed by atoms with E-state index in [9.17, 15) is 0 Å². The Bertz CT molecular complexity index is 246. The van der Waals surface area contributed by atoms with Crippen molar-refractivity contribution in [3.8, 4) is 6.07 Å². The zero-order valence-electron chi connectivity index (χ0n) is 9.58. The van der Waals surface area contributed by atoms with Crippen LogP contribution in [0.3, 0.4) is 0 Å². The molecule has 0 amide bonds. The highest BCUT2D eigenvalue weighted by atomic mass is 15.2. The molecule has 1 saturated heterocycles. The summed E-state index contributed by atoms with van der Waals surface area (Å²) >= 11 is 0. The summed E-state index contributed by atoms with van der Waals surface area (Å²) in [7, 11) is 2.17. The van der Waals surface area contributed by atoms with Crippen molar-refractivity contribution in [1.82, 2.24) is 10.2 Å². The van der Waals surface area contributed by atoms with Crippen LogP contribution in [0, 0.1) is 17.2 Å². The van der Waals surface area contributed by atoms with Gasteiger partial charge in [-0.25, -0.2) is 0 Å². The molecule has 3 nitrogen and oxygen atoms in total. The average Bonchev–Trinajstić information content (AvgIpc) is 2.65. The molecule has 0 spiro atoms. The van der Waals surface area contributed by atoms with Gasteiger partial charge in [-0.1, -0.05) is 12.8 Å². The Morgan fingerprint density at radius 2 is 2.07 bits per heavy atom. The summed E-state index contributed by atoms with van der Waals surface area (Å²) in [6, 6.07) is 3.54. The minimum Gasteiger partial charge on any atom is -0.309 e. The number of nitriles is 1. The Labute approximate surface area is 92.4 Å². The predicted molar refractivity (Wildman–Crippen MR) is 60.4 cm³/mol. The fourth-order valence-electron chi connectivity index (χ4n) is 2.86. The molecule has 1 N–H and O–H groups in total. The van der Waals surface area contributed by atoms with Gasteiger partial charge in [-0.2, -0.15) is 5.26 Å². The molecule has 2 fully saturated rings. The van der Waals surface area contributed by atoms with Crippen molar-refractivity contribution in [1.29, 1.82) is 5.26 Å². The van der Waals surface area contributed by atoms with E-state index in [0.717, 1.165) is 13.0 Å². The van der Waals surface area contributed by atoms with Crippen molar-refractivity contribution in [3.05, 3.63) is 0 Å². The Kier molecular flexibility index (Phi) is 3.61. The van der Waals surface area contributed by atoms with Crippen LogP contribution >= 0.6 is 0 Å². The number of nitrogens with zero attached hydrogens (tertiary/aromatic N) is 2. The van der Waals surface area contributed by atoms with E-state index in [2.05, 4.69) is 23.3 Å². The van der Waals surface area contributed by atoms with Gasteiger partial charge in [0.1, 0.15) is 0 Å². The molecule has 0 aromatic carbocycles. The van der Waals surface area contributed by atoms with Crippen LogP contribution in [-0.2, 0) is 0 Å². The van der Waals surface area contributed by atoms with Crippen molar-refractivity contribution in [2.24, 2.45) is 5.92 Å². The van der Waals surface area contributed by atoms with Gasteiger partial charge in [-0.15, -0.1) is 0 Å². The number of rotatable bonds is 2. The van der Waals surface area contributed by atoms with E-state index in [1.165, 1.54) is 32.2 Å². The summed E-state index contributed by atoms with van der Waals surface area (Å²) in [6.45, 7) is 2.34. The molecule has 2 rings (SSSR count). The van der Waals surface area contributed by atoms with Crippen molar-refractivity contribution >= 4 is 0 Å². The molecule has 3 unspecified atom stereocenters. The third-order valence-corrected chi connectivity index (χ3v) is 3.77. The zero-order valence-corrected chi connectivity index (χ0v) is 9.58. The quantitative estimate of drug-likeness (QED) is 0.743. The smallest absolute Gasteiger partial charge is 0.0672 e. The summed E-state index contributed by atoms with van der Waals surface area (Å²) in [5.41, 5.74) is 0. The van der Waals surface area contributed by atoms with Gasteiger partial charge in [0.15, 0.2) is 0 Å². The van der Waals surface area contributed by atoms with Crippen LogP contribution in [0.5, 0.6) is 0 Å². The monoisotopic (exact) mass is 207 g/mol. The van der Waals surface area contributed by atoms with Crippen LogP contribution in [0.15, 0.2) is 0 Å². The van der Waals surface area contributed by atoms with Gasteiger partial charge in [-0.3, -0.25) is 0 Å². The van der Waals surface area contributed by atoms with Gasteiger partial charge in [0.05, 0.1) is 12.0 Å². The predicted octanol–water partition coefficient (Wildman–Crippen LogP) is 1.36. The molecule has 15 heavy (non-hydrogen) atoms. The second kappa shape index (κ2) is 4.96. The van der Waals surface area contributed by atoms with E-state index >= 15 is 0 Å². The molecule has 0 aromatic rings. The fraction of sp³-hybridized carbons (Fsp3) is 0.917. The average molecular weight is 207 g/mol. The molecular formula is C12H21N3. The molecule has 0 radical (unpaired) electrons. The molecule has 1 aliphatic heterocycles. The van der Waals surface area contributed by atoms with Gasteiger partial charge < -0.3 is 10.2 Å². The fourth-order valence-corrected chi connectivity index (χ4v) is 2.86. The number of hydrogen-bond donors (Lipinski definition) is 1. The van der Waals surface area contributed by atoms with Gasteiger partial charge in [-0.05, 0) is 32.9 Å². The van der Waals surface area contributed by atoms with Crippen molar-refractivity contribution in [2.75, 3.05) is 20.1 Å². The van der Waals surface area contributed by atoms with Gasteiger partial charge in [0.25, 0.3) is 0 Å². The number of hydrogen-bond acceptors (Lipinski definition) is 3. The maximum Gasteiger partial charge on any atom is 0.0672 e. The Balaban J connectivity index is 1.84. The second-order valence-corrected chi connectivity index (χ2v) is 5.04. The lowest BCUT2D eigenvalue weighted by Gasteiger charge is -2.30. The Morgan fingerprint density at radius 3 is 2.73 bits per heavy atom. The molecule has 1 aliphatic carbocycles. The van der Waals surface area contributed by atoms with E-state index in [1.807, 2.05) is 0 Å². The Morgan fingerprint density at radius 1 is 1.27 bits per heavy atom. The number of likely N-dealkylation sites (N-methyl/N-ethyl adjacent to an activating group) is 1. The summed E-state index contributed by atoms with van der Waals surface area (Å²) in [5.74, 6) is 0.254. The molecule has 3 atom stereocenters. The zero-order chi connectivity index (χ0) is 10.7. The topological polar surface area (TPSA) is 39.1 Å². The highest BCUT2D eigenvalue weighted by Gasteiger charge is 2.28. The summed E-state index contributed by atoms with van der Waals surface area (Å²) in [4.78, 5) is 2.36. The van der Waals surface area contributed by atoms with Crippen LogP contribution in [0.2, 0.25) is 0 Å². The molecule has 0 bridgehead atoms. The van der Waals surface area contributed by atoms with Crippen LogP contribution in [0.25, 0.3) is 0 Å². The second-order valence-electron chi connectivity index (χ2n) is 5.04. The molecule has 84 valence electrons. The number of nitrogens with one attached hydrogen (secondary N) is 1. The standard InChI is InChI=1S/C12H21N3/c1-15-7-6-11(9-15)14-12-5-3-2-4-10(12)8-13/h10-12,14H,2-7,9H2,1H3. The Hall–Kier alpha value is -0.590. The van der Waals surface area contributed by atoms with Crippen molar-refractivity contribution < 1.29 is 0 Å². The maximum atomic E-state index is 9.09. The first-order valence-corrected chi connectivity index (χ1v) is 6.14. The van der Waals surface area contributed by atoms with E-state index < -0.39 is 0 Å². The van der Waals surface area contributed by atoms with E-state index in [1.54, 1.807) is 0 Å². The van der Waals surface area contributed by atoms with E-state index in [0.29, 0.717) is 12.1 Å². The molecule has 3 heteroatoms. The molecule has 0 aromatic heterocycles. The van der Waals surface area contributed by atoms with Gasteiger partial charge >= 0.3 is 0 Å². The highest BCUT2D eigenvalue weighted by molar-refractivity contribution is 4.96.